The van der Waals surface area contributed by atoms with Crippen LogP contribution in [0, 0.1) is 5.92 Å². The van der Waals surface area contributed by atoms with E-state index in [1.54, 1.807) is 10.9 Å². The van der Waals surface area contributed by atoms with Crippen molar-refractivity contribution in [3.05, 3.63) is 16.6 Å². The third-order valence-electron chi connectivity index (χ3n) is 1.21. The monoisotopic (exact) mass is 155 g/mol. The quantitative estimate of drug-likeness (QED) is 0.611. The fourth-order valence-corrected chi connectivity index (χ4v) is 1.17. The fourth-order valence-electron chi connectivity index (χ4n) is 0.630. The number of Topliss-reactive ketones (excluding diaryl/α,β-unsaturated/α-hetero) is 1. The van der Waals surface area contributed by atoms with Crippen LogP contribution >= 0.6 is 11.3 Å². The number of carbonyl (C=O) groups is 1. The topological polar surface area (TPSA) is 30.0 Å². The number of rotatable bonds is 2. The van der Waals surface area contributed by atoms with Crippen molar-refractivity contribution in [1.82, 2.24) is 4.98 Å². The summed E-state index contributed by atoms with van der Waals surface area (Å²) in [6.45, 7) is 3.75. The third-order valence-corrected chi connectivity index (χ3v) is 1.80. The lowest BCUT2D eigenvalue weighted by Gasteiger charge is -1.97. The highest BCUT2D eigenvalue weighted by Crippen LogP contribution is 2.07. The first-order valence-corrected chi connectivity index (χ1v) is 4.08. The maximum atomic E-state index is 11.1. The molecule has 1 aromatic heterocycles. The van der Waals surface area contributed by atoms with Gasteiger partial charge in [-0.1, -0.05) is 13.8 Å². The van der Waals surface area contributed by atoms with Crippen LogP contribution < -0.4 is 0 Å². The van der Waals surface area contributed by atoms with E-state index in [1.807, 2.05) is 13.8 Å². The Morgan fingerprint density at radius 1 is 1.70 bits per heavy atom. The van der Waals surface area contributed by atoms with E-state index in [9.17, 15) is 4.79 Å². The predicted molar refractivity (Wildman–Crippen MR) is 41.3 cm³/mol. The van der Waals surface area contributed by atoms with E-state index in [0.717, 1.165) is 0 Å². The number of aromatic nitrogens is 1. The van der Waals surface area contributed by atoms with Gasteiger partial charge < -0.3 is 0 Å². The molecule has 54 valence electrons. The number of nitrogens with zero attached hydrogens (tertiary/aromatic N) is 1. The Bertz CT molecular complexity index is 216. The van der Waals surface area contributed by atoms with Crippen LogP contribution in [0.15, 0.2) is 10.9 Å². The normalized spacial score (nSPS) is 10.3. The van der Waals surface area contributed by atoms with Crippen molar-refractivity contribution >= 4 is 17.1 Å². The van der Waals surface area contributed by atoms with Gasteiger partial charge in [0.2, 0.25) is 0 Å². The summed E-state index contributed by atoms with van der Waals surface area (Å²) in [6, 6.07) is 0. The first-order chi connectivity index (χ1) is 4.72. The van der Waals surface area contributed by atoms with Crippen molar-refractivity contribution in [2.75, 3.05) is 0 Å². The average molecular weight is 155 g/mol. The van der Waals surface area contributed by atoms with E-state index in [4.69, 9.17) is 0 Å². The molecule has 10 heavy (non-hydrogen) atoms. The van der Waals surface area contributed by atoms with Gasteiger partial charge in [-0.05, 0) is 0 Å². The van der Waals surface area contributed by atoms with Crippen LogP contribution in [0.1, 0.15) is 24.3 Å². The molecule has 0 unspecified atom stereocenters. The molecule has 0 saturated carbocycles. The van der Waals surface area contributed by atoms with Crippen molar-refractivity contribution in [3.8, 4) is 0 Å². The van der Waals surface area contributed by atoms with Crippen LogP contribution in [-0.4, -0.2) is 10.8 Å². The second-order valence-corrected chi connectivity index (χ2v) is 3.11. The van der Waals surface area contributed by atoms with Gasteiger partial charge >= 0.3 is 0 Å². The molecule has 0 bridgehead atoms. The third kappa shape index (κ3) is 1.42. The second kappa shape index (κ2) is 2.92. The van der Waals surface area contributed by atoms with Gasteiger partial charge in [0.25, 0.3) is 0 Å². The summed E-state index contributed by atoms with van der Waals surface area (Å²) < 4.78 is 0. The zero-order valence-electron chi connectivity index (χ0n) is 6.00. The molecule has 0 radical (unpaired) electrons. The Hall–Kier alpha value is -0.700. The van der Waals surface area contributed by atoms with E-state index in [2.05, 4.69) is 4.98 Å². The molecule has 0 aromatic carbocycles. The van der Waals surface area contributed by atoms with Gasteiger partial charge in [0.05, 0.1) is 5.51 Å². The van der Waals surface area contributed by atoms with Crippen LogP contribution in [0.3, 0.4) is 0 Å². The van der Waals surface area contributed by atoms with Gasteiger partial charge in [0, 0.05) is 11.3 Å². The lowest BCUT2D eigenvalue weighted by molar-refractivity contribution is 0.0935. The lowest BCUT2D eigenvalue weighted by Crippen LogP contribution is -2.07. The Kier molecular flexibility index (Phi) is 2.17. The smallest absolute Gasteiger partial charge is 0.184 e. The molecule has 1 rings (SSSR count). The molecule has 0 aliphatic carbocycles. The highest BCUT2D eigenvalue weighted by atomic mass is 32.1. The summed E-state index contributed by atoms with van der Waals surface area (Å²) in [5, 5.41) is 1.78. The minimum Gasteiger partial charge on any atom is -0.292 e. The first-order valence-electron chi connectivity index (χ1n) is 3.14. The largest absolute Gasteiger partial charge is 0.292 e. The van der Waals surface area contributed by atoms with Gasteiger partial charge in [-0.3, -0.25) is 4.79 Å². The Labute approximate surface area is 63.9 Å². The van der Waals surface area contributed by atoms with E-state index < -0.39 is 0 Å². The standard InChI is InChI=1S/C7H9NOS/c1-5(2)7(9)6-3-10-4-8-6/h3-5H,1-2H3. The van der Waals surface area contributed by atoms with Crippen molar-refractivity contribution < 1.29 is 4.79 Å². The fraction of sp³-hybridized carbons (Fsp3) is 0.429. The maximum absolute atomic E-state index is 11.1. The number of carbonyl (C=O) groups excluding carboxylic acids is 1. The second-order valence-electron chi connectivity index (χ2n) is 2.39. The highest BCUT2D eigenvalue weighted by molar-refractivity contribution is 7.07. The molecule has 0 saturated heterocycles. The molecule has 0 atom stereocenters. The lowest BCUT2D eigenvalue weighted by atomic mass is 10.1. The minimum atomic E-state index is 0.0575. The van der Waals surface area contributed by atoms with E-state index in [0.29, 0.717) is 5.69 Å². The summed E-state index contributed by atoms with van der Waals surface area (Å²) in [5.41, 5.74) is 2.27. The van der Waals surface area contributed by atoms with Crippen LogP contribution in [0.5, 0.6) is 0 Å². The summed E-state index contributed by atoms with van der Waals surface area (Å²) in [4.78, 5) is 15.1. The van der Waals surface area contributed by atoms with Gasteiger partial charge in [-0.2, -0.15) is 0 Å². The molecule has 0 aliphatic rings. The Morgan fingerprint density at radius 2 is 2.40 bits per heavy atom. The highest BCUT2D eigenvalue weighted by Gasteiger charge is 2.10. The Balaban J connectivity index is 2.78. The molecule has 0 amide bonds. The van der Waals surface area contributed by atoms with Gasteiger partial charge in [0.15, 0.2) is 5.78 Å². The molecular weight excluding hydrogens is 146 g/mol. The van der Waals surface area contributed by atoms with Crippen molar-refractivity contribution in [2.45, 2.75) is 13.8 Å². The molecular formula is C7H9NOS. The molecule has 0 N–H and O–H groups in total. The SMILES string of the molecule is CC(C)C(=O)c1cscn1. The van der Waals surface area contributed by atoms with Crippen molar-refractivity contribution in [3.63, 3.8) is 0 Å². The zero-order valence-corrected chi connectivity index (χ0v) is 6.81. The first kappa shape index (κ1) is 7.41. The number of thiazole rings is 1. The van der Waals surface area contributed by atoms with E-state index >= 15 is 0 Å². The van der Waals surface area contributed by atoms with E-state index in [-0.39, 0.29) is 11.7 Å². The molecule has 3 heteroatoms. The van der Waals surface area contributed by atoms with Gasteiger partial charge in [-0.25, -0.2) is 4.98 Å². The number of ketones is 1. The maximum Gasteiger partial charge on any atom is 0.184 e. The minimum absolute atomic E-state index is 0.0575. The predicted octanol–water partition coefficient (Wildman–Crippen LogP) is 1.98. The van der Waals surface area contributed by atoms with Gasteiger partial charge in [-0.15, -0.1) is 11.3 Å². The van der Waals surface area contributed by atoms with Crippen LogP contribution in [-0.2, 0) is 0 Å². The molecule has 0 spiro atoms. The van der Waals surface area contributed by atoms with Crippen LogP contribution in [0.2, 0.25) is 0 Å². The Morgan fingerprint density at radius 3 is 2.80 bits per heavy atom. The zero-order chi connectivity index (χ0) is 7.56. The van der Waals surface area contributed by atoms with Gasteiger partial charge in [0.1, 0.15) is 5.69 Å². The summed E-state index contributed by atoms with van der Waals surface area (Å²) in [7, 11) is 0. The van der Waals surface area contributed by atoms with Crippen LogP contribution in [0.25, 0.3) is 0 Å². The summed E-state index contributed by atoms with van der Waals surface area (Å²) >= 11 is 1.45. The molecule has 1 heterocycles. The molecule has 0 fully saturated rings. The average Bonchev–Trinajstić information content (AvgIpc) is 2.36. The summed E-state index contributed by atoms with van der Waals surface area (Å²) in [6.07, 6.45) is 0. The molecule has 2 nitrogen and oxygen atoms in total. The van der Waals surface area contributed by atoms with Crippen molar-refractivity contribution in [2.24, 2.45) is 5.92 Å². The molecule has 0 aliphatic heterocycles. The number of hydrogen-bond acceptors (Lipinski definition) is 3. The van der Waals surface area contributed by atoms with Crippen molar-refractivity contribution in [1.29, 1.82) is 0 Å². The molecule has 1 aromatic rings. The van der Waals surface area contributed by atoms with E-state index in [1.165, 1.54) is 11.3 Å². The van der Waals surface area contributed by atoms with Crippen LogP contribution in [0.4, 0.5) is 0 Å². The summed E-state index contributed by atoms with van der Waals surface area (Å²) in [5.74, 6) is 0.184. The number of hydrogen-bond donors (Lipinski definition) is 0.